The first-order valence-electron chi connectivity index (χ1n) is 19.6. The van der Waals surface area contributed by atoms with E-state index in [9.17, 15) is 55.9 Å². The molecule has 1 aliphatic rings. The molecule has 1 saturated heterocycles. The van der Waals surface area contributed by atoms with Crippen LogP contribution in [0.3, 0.4) is 0 Å². The highest BCUT2D eigenvalue weighted by molar-refractivity contribution is 5.88. The summed E-state index contributed by atoms with van der Waals surface area (Å²) in [5.41, 5.74) is 1.96. The Bertz CT molecular complexity index is 1300. The molecule has 0 aromatic heterocycles. The maximum atomic E-state index is 12.7. The third-order valence-electron chi connectivity index (χ3n) is 10.6. The number of carbonyl (C=O) groups excluding carboxylic acids is 1. The standard InChI is InChI=1S/C41H72O15/c1-11-20(2)12-21(3)13-26(8)39(56-41-38(52)37(51)36(50)31(19-44)55-41)27(9)15-24(6)32(46)22(4)14-23(5)33(47)25(7)16-28(10)40(53)54-30(18-43)35(49)34(48)29(45)17-42/h13-16,20-22,25,27,29-39,41-52H,11-12,17-19H2,1-10H3/b23-14+,24-15+,26-13+,28-16+/t20-,21-,22-,25-,27-,29+,30+,31+,32-,33+,34+,35+,36+,37-,38-,39+,41?/m0/s1. The number of hydrogen-bond donors (Lipinski definition) is 11. The monoisotopic (exact) mass is 804 g/mol. The van der Waals surface area contributed by atoms with Gasteiger partial charge in [0.15, 0.2) is 12.4 Å². The van der Waals surface area contributed by atoms with E-state index in [1.807, 2.05) is 19.9 Å². The molecule has 0 aromatic carbocycles. The van der Waals surface area contributed by atoms with Gasteiger partial charge in [0.2, 0.25) is 0 Å². The van der Waals surface area contributed by atoms with Crippen LogP contribution in [0.1, 0.15) is 82.1 Å². The van der Waals surface area contributed by atoms with Crippen molar-refractivity contribution in [2.24, 2.45) is 29.6 Å². The summed E-state index contributed by atoms with van der Waals surface area (Å²) >= 11 is 0. The van der Waals surface area contributed by atoms with Crippen molar-refractivity contribution in [3.05, 3.63) is 46.6 Å². The molecule has 0 saturated carbocycles. The summed E-state index contributed by atoms with van der Waals surface area (Å²) in [6, 6.07) is 0. The van der Waals surface area contributed by atoms with E-state index >= 15 is 0 Å². The molecule has 17 atom stereocenters. The summed E-state index contributed by atoms with van der Waals surface area (Å²) in [5, 5.41) is 112. The molecule has 0 spiro atoms. The van der Waals surface area contributed by atoms with Crippen LogP contribution in [0, 0.1) is 29.6 Å². The zero-order valence-corrected chi connectivity index (χ0v) is 34.7. The van der Waals surface area contributed by atoms with Gasteiger partial charge in [-0.25, -0.2) is 4.79 Å². The number of rotatable bonds is 23. The normalized spacial score (nSPS) is 28.3. The zero-order valence-electron chi connectivity index (χ0n) is 34.7. The number of aliphatic hydroxyl groups excluding tert-OH is 11. The molecule has 0 radical (unpaired) electrons. The lowest BCUT2D eigenvalue weighted by atomic mass is 9.87. The molecule has 0 aromatic rings. The van der Waals surface area contributed by atoms with Gasteiger partial charge in [-0.3, -0.25) is 0 Å². The Morgan fingerprint density at radius 3 is 1.73 bits per heavy atom. The first kappa shape index (κ1) is 51.9. The summed E-state index contributed by atoms with van der Waals surface area (Å²) in [6.07, 6.45) is -8.06. The maximum Gasteiger partial charge on any atom is 0.333 e. The Labute approximate surface area is 332 Å². The maximum absolute atomic E-state index is 12.7. The molecule has 1 rings (SSSR count). The number of hydrogen-bond acceptors (Lipinski definition) is 15. The van der Waals surface area contributed by atoms with Crippen LogP contribution < -0.4 is 0 Å². The van der Waals surface area contributed by atoms with E-state index in [4.69, 9.17) is 19.3 Å². The number of carbonyl (C=O) groups is 1. The van der Waals surface area contributed by atoms with E-state index in [0.29, 0.717) is 17.1 Å². The highest BCUT2D eigenvalue weighted by Gasteiger charge is 2.45. The van der Waals surface area contributed by atoms with Crippen LogP contribution in [0.15, 0.2) is 46.6 Å². The number of aliphatic hydroxyl groups is 11. The number of allylic oxidation sites excluding steroid dienone is 1. The van der Waals surface area contributed by atoms with E-state index in [1.165, 1.54) is 13.0 Å². The average molecular weight is 805 g/mol. The zero-order chi connectivity index (χ0) is 43.2. The predicted molar refractivity (Wildman–Crippen MR) is 208 cm³/mol. The summed E-state index contributed by atoms with van der Waals surface area (Å²) in [6.45, 7) is 16.1. The number of esters is 1. The lowest BCUT2D eigenvalue weighted by Crippen LogP contribution is -2.60. The molecule has 0 aliphatic carbocycles. The van der Waals surface area contributed by atoms with Crippen molar-refractivity contribution in [2.45, 2.75) is 156 Å². The molecule has 0 amide bonds. The lowest BCUT2D eigenvalue weighted by molar-refractivity contribution is -0.310. The van der Waals surface area contributed by atoms with Crippen molar-refractivity contribution >= 4 is 5.97 Å². The fourth-order valence-corrected chi connectivity index (χ4v) is 6.97. The Morgan fingerprint density at radius 2 is 1.23 bits per heavy atom. The van der Waals surface area contributed by atoms with Gasteiger partial charge in [0.25, 0.3) is 0 Å². The van der Waals surface area contributed by atoms with Gasteiger partial charge in [-0.2, -0.15) is 0 Å². The van der Waals surface area contributed by atoms with Gasteiger partial charge >= 0.3 is 5.97 Å². The second-order valence-corrected chi connectivity index (χ2v) is 15.9. The summed E-state index contributed by atoms with van der Waals surface area (Å²) in [5.74, 6) is -1.77. The average Bonchev–Trinajstić information content (AvgIpc) is 3.16. The highest BCUT2D eigenvalue weighted by atomic mass is 16.7. The smallest absolute Gasteiger partial charge is 0.333 e. The Morgan fingerprint density at radius 1 is 0.696 bits per heavy atom. The quantitative estimate of drug-likeness (QED) is 0.0385. The van der Waals surface area contributed by atoms with Crippen molar-refractivity contribution in [2.75, 3.05) is 19.8 Å². The van der Waals surface area contributed by atoms with E-state index in [-0.39, 0.29) is 11.5 Å². The summed E-state index contributed by atoms with van der Waals surface area (Å²) in [4.78, 5) is 12.7. The molecule has 1 aliphatic heterocycles. The fourth-order valence-electron chi connectivity index (χ4n) is 6.97. The highest BCUT2D eigenvalue weighted by Crippen LogP contribution is 2.30. The molecule has 326 valence electrons. The largest absolute Gasteiger partial charge is 0.454 e. The van der Waals surface area contributed by atoms with Crippen molar-refractivity contribution in [3.8, 4) is 0 Å². The molecule has 56 heavy (non-hydrogen) atoms. The van der Waals surface area contributed by atoms with Gasteiger partial charge in [-0.1, -0.05) is 72.3 Å². The minimum absolute atomic E-state index is 0.0344. The topological polar surface area (TPSA) is 267 Å². The van der Waals surface area contributed by atoms with Crippen LogP contribution in [0.2, 0.25) is 0 Å². The molecule has 11 N–H and O–H groups in total. The number of ether oxygens (including phenoxy) is 3. The van der Waals surface area contributed by atoms with E-state index in [0.717, 1.165) is 18.4 Å². The van der Waals surface area contributed by atoms with Crippen molar-refractivity contribution in [3.63, 3.8) is 0 Å². The van der Waals surface area contributed by atoms with Crippen molar-refractivity contribution in [1.29, 1.82) is 0 Å². The molecule has 15 heteroatoms. The van der Waals surface area contributed by atoms with Crippen molar-refractivity contribution in [1.82, 2.24) is 0 Å². The van der Waals surface area contributed by atoms with Crippen LogP contribution in [0.25, 0.3) is 0 Å². The fraction of sp³-hybridized carbons (Fsp3) is 0.780. The van der Waals surface area contributed by atoms with Crippen LogP contribution in [-0.4, -0.2) is 155 Å². The van der Waals surface area contributed by atoms with Gasteiger partial charge in [0.1, 0.15) is 42.7 Å². The summed E-state index contributed by atoms with van der Waals surface area (Å²) in [7, 11) is 0. The molecule has 0 bridgehead atoms. The molecule has 1 heterocycles. The molecular formula is C41H72O15. The molecule has 1 unspecified atom stereocenters. The second kappa shape index (κ2) is 24.7. The van der Waals surface area contributed by atoms with Gasteiger partial charge in [0, 0.05) is 23.3 Å². The first-order valence-corrected chi connectivity index (χ1v) is 19.6. The Balaban J connectivity index is 3.23. The van der Waals surface area contributed by atoms with E-state index in [1.54, 1.807) is 33.8 Å². The second-order valence-electron chi connectivity index (χ2n) is 15.9. The molecule has 1 fully saturated rings. The SMILES string of the molecule is CC[C@H](C)C[C@H](C)/C=C(\C)[C@@H](OC1O[C@H](CO)[C@@H](O)[C@H](O)[C@@H]1O)[C@@H](C)/C=C(\C)[C@@H](O)[C@@H](C)/C=C(\C)[C@@H](O)[C@@H](C)/C=C(\C)C(=O)O[C@H](CO)[C@@H](O)[C@H](O)[C@H](O)CO. The Kier molecular flexibility index (Phi) is 22.9. The third-order valence-corrected chi connectivity index (χ3v) is 10.6. The third kappa shape index (κ3) is 15.3. The van der Waals surface area contributed by atoms with Gasteiger partial charge in [-0.05, 0) is 62.7 Å². The van der Waals surface area contributed by atoms with E-state index in [2.05, 4.69) is 26.8 Å². The minimum atomic E-state index is -1.89. The van der Waals surface area contributed by atoms with E-state index < -0.39 is 117 Å². The van der Waals surface area contributed by atoms with Crippen LogP contribution in [-0.2, 0) is 19.0 Å². The van der Waals surface area contributed by atoms with Crippen LogP contribution in [0.5, 0.6) is 0 Å². The van der Waals surface area contributed by atoms with Gasteiger partial charge in [-0.15, -0.1) is 0 Å². The summed E-state index contributed by atoms with van der Waals surface area (Å²) < 4.78 is 17.1. The van der Waals surface area contributed by atoms with Gasteiger partial charge < -0.3 is 70.4 Å². The van der Waals surface area contributed by atoms with Crippen LogP contribution in [0.4, 0.5) is 0 Å². The molecule has 15 nitrogen and oxygen atoms in total. The van der Waals surface area contributed by atoms with Crippen LogP contribution >= 0.6 is 0 Å². The minimum Gasteiger partial charge on any atom is -0.454 e. The van der Waals surface area contributed by atoms with Crippen molar-refractivity contribution < 1.29 is 75.2 Å². The first-order chi connectivity index (χ1) is 26.1. The lowest BCUT2D eigenvalue weighted by Gasteiger charge is -2.41. The van der Waals surface area contributed by atoms with Gasteiger partial charge in [0.05, 0.1) is 38.1 Å². The predicted octanol–water partition coefficient (Wildman–Crippen LogP) is 0.638. The molecular weight excluding hydrogens is 732 g/mol. The Hall–Kier alpha value is -2.09.